The van der Waals surface area contributed by atoms with Crippen LogP contribution in [-0.2, 0) is 9.59 Å². The van der Waals surface area contributed by atoms with Crippen molar-refractivity contribution in [2.45, 2.75) is 0 Å². The zero-order valence-corrected chi connectivity index (χ0v) is 13.3. The molecule has 114 valence electrons. The third-order valence-corrected chi connectivity index (χ3v) is 3.22. The number of hydrogen-bond donors (Lipinski definition) is 2. The van der Waals surface area contributed by atoms with E-state index in [1.54, 1.807) is 24.3 Å². The maximum absolute atomic E-state index is 11.7. The first-order valence-electron chi connectivity index (χ1n) is 6.63. The Balaban J connectivity index is 1.69. The van der Waals surface area contributed by atoms with Gasteiger partial charge in [0.1, 0.15) is 5.75 Å². The number of benzene rings is 2. The smallest absolute Gasteiger partial charge is 0.258 e. The van der Waals surface area contributed by atoms with Crippen LogP contribution in [0, 0.1) is 0 Å². The summed E-state index contributed by atoms with van der Waals surface area (Å²) in [4.78, 5) is 23.3. The first-order valence-corrected chi connectivity index (χ1v) is 7.43. The second kappa shape index (κ2) is 8.19. The summed E-state index contributed by atoms with van der Waals surface area (Å²) < 4.78 is 6.21. The van der Waals surface area contributed by atoms with Crippen LogP contribution in [0.25, 0.3) is 0 Å². The molecule has 0 radical (unpaired) electrons. The molecule has 6 heteroatoms. The number of carbonyl (C=O) groups excluding carboxylic acids is 2. The molecule has 2 amide bonds. The van der Waals surface area contributed by atoms with Gasteiger partial charge in [0.2, 0.25) is 5.91 Å². The molecule has 5 nitrogen and oxygen atoms in total. The second-order valence-electron chi connectivity index (χ2n) is 4.43. The molecular weight excluding hydrogens is 348 g/mol. The third kappa shape index (κ3) is 5.57. The topological polar surface area (TPSA) is 67.4 Å². The molecular formula is C16H15BrN2O3. The number of amides is 2. The van der Waals surface area contributed by atoms with E-state index >= 15 is 0 Å². The normalized spacial score (nSPS) is 9.86. The van der Waals surface area contributed by atoms with Crippen molar-refractivity contribution in [1.29, 1.82) is 0 Å². The molecule has 0 heterocycles. The first kappa shape index (κ1) is 16.0. The van der Waals surface area contributed by atoms with E-state index in [0.29, 0.717) is 11.4 Å². The van der Waals surface area contributed by atoms with E-state index in [4.69, 9.17) is 4.74 Å². The van der Waals surface area contributed by atoms with Crippen molar-refractivity contribution in [3.8, 4) is 5.75 Å². The molecule has 0 aromatic heterocycles. The molecule has 0 atom stereocenters. The molecule has 0 bridgehead atoms. The zero-order chi connectivity index (χ0) is 15.8. The molecule has 22 heavy (non-hydrogen) atoms. The van der Waals surface area contributed by atoms with Gasteiger partial charge in [-0.2, -0.15) is 0 Å². The van der Waals surface area contributed by atoms with Gasteiger partial charge in [-0.3, -0.25) is 9.59 Å². The lowest BCUT2D eigenvalue weighted by atomic mass is 10.3. The molecule has 0 aliphatic heterocycles. The fraction of sp³-hybridized carbons (Fsp3) is 0.125. The Morgan fingerprint density at radius 1 is 0.955 bits per heavy atom. The summed E-state index contributed by atoms with van der Waals surface area (Å²) in [5, 5.41) is 5.18. The van der Waals surface area contributed by atoms with Crippen molar-refractivity contribution >= 4 is 33.4 Å². The average Bonchev–Trinajstić information content (AvgIpc) is 2.54. The van der Waals surface area contributed by atoms with Crippen LogP contribution in [0.15, 0.2) is 59.1 Å². The van der Waals surface area contributed by atoms with Crippen LogP contribution in [0.4, 0.5) is 5.69 Å². The Hall–Kier alpha value is -2.34. The van der Waals surface area contributed by atoms with Gasteiger partial charge in [-0.25, -0.2) is 0 Å². The molecule has 2 rings (SSSR count). The van der Waals surface area contributed by atoms with Crippen LogP contribution >= 0.6 is 15.9 Å². The highest BCUT2D eigenvalue weighted by atomic mass is 79.9. The van der Waals surface area contributed by atoms with E-state index in [0.717, 1.165) is 4.47 Å². The van der Waals surface area contributed by atoms with Gasteiger partial charge in [0.25, 0.3) is 5.91 Å². The first-order chi connectivity index (χ1) is 10.6. The fourth-order valence-electron chi connectivity index (χ4n) is 1.63. The van der Waals surface area contributed by atoms with Gasteiger partial charge < -0.3 is 15.4 Å². The molecule has 0 fully saturated rings. The van der Waals surface area contributed by atoms with Crippen molar-refractivity contribution in [3.63, 3.8) is 0 Å². The minimum atomic E-state index is -0.352. The largest absolute Gasteiger partial charge is 0.484 e. The molecule has 0 saturated carbocycles. The summed E-state index contributed by atoms with van der Waals surface area (Å²) in [5.41, 5.74) is 0.669. The zero-order valence-electron chi connectivity index (χ0n) is 11.7. The summed E-state index contributed by atoms with van der Waals surface area (Å²) in [7, 11) is 0. The number of rotatable bonds is 6. The van der Waals surface area contributed by atoms with E-state index in [-0.39, 0.29) is 25.0 Å². The summed E-state index contributed by atoms with van der Waals surface area (Å²) >= 11 is 3.31. The Morgan fingerprint density at radius 2 is 1.64 bits per heavy atom. The number of hydrogen-bond acceptors (Lipinski definition) is 3. The van der Waals surface area contributed by atoms with Crippen LogP contribution in [0.5, 0.6) is 5.75 Å². The lowest BCUT2D eigenvalue weighted by Gasteiger charge is -2.08. The van der Waals surface area contributed by atoms with Crippen molar-refractivity contribution in [2.24, 2.45) is 0 Å². The Bertz CT molecular complexity index is 630. The molecule has 0 saturated heterocycles. The molecule has 0 aliphatic carbocycles. The lowest BCUT2D eigenvalue weighted by molar-refractivity contribution is -0.125. The van der Waals surface area contributed by atoms with Crippen LogP contribution in [0.3, 0.4) is 0 Å². The van der Waals surface area contributed by atoms with E-state index in [9.17, 15) is 9.59 Å². The molecule has 0 spiro atoms. The minimum Gasteiger partial charge on any atom is -0.484 e. The van der Waals surface area contributed by atoms with Crippen molar-refractivity contribution in [1.82, 2.24) is 5.32 Å². The average molecular weight is 363 g/mol. The Morgan fingerprint density at radius 3 is 2.32 bits per heavy atom. The third-order valence-electron chi connectivity index (χ3n) is 2.69. The van der Waals surface area contributed by atoms with Crippen molar-refractivity contribution in [3.05, 3.63) is 59.1 Å². The highest BCUT2D eigenvalue weighted by Gasteiger charge is 2.06. The monoisotopic (exact) mass is 362 g/mol. The van der Waals surface area contributed by atoms with Crippen molar-refractivity contribution < 1.29 is 14.3 Å². The summed E-state index contributed by atoms with van der Waals surface area (Å²) in [6, 6.07) is 16.2. The van der Waals surface area contributed by atoms with Gasteiger partial charge in [0.15, 0.2) is 6.61 Å². The predicted octanol–water partition coefficient (Wildman–Crippen LogP) is 2.58. The summed E-state index contributed by atoms with van der Waals surface area (Å²) in [6.45, 7) is -0.234. The summed E-state index contributed by atoms with van der Waals surface area (Å²) in [6.07, 6.45) is 0. The van der Waals surface area contributed by atoms with Crippen LogP contribution in [-0.4, -0.2) is 25.0 Å². The van der Waals surface area contributed by atoms with Gasteiger partial charge in [0, 0.05) is 10.2 Å². The number of nitrogens with one attached hydrogen (secondary N) is 2. The number of para-hydroxylation sites is 1. The number of carbonyl (C=O) groups is 2. The molecule has 2 aromatic rings. The van der Waals surface area contributed by atoms with E-state index in [1.165, 1.54) is 0 Å². The quantitative estimate of drug-likeness (QED) is 0.829. The van der Waals surface area contributed by atoms with Crippen LogP contribution < -0.4 is 15.4 Å². The van der Waals surface area contributed by atoms with Gasteiger partial charge >= 0.3 is 0 Å². The van der Waals surface area contributed by atoms with Gasteiger partial charge in [-0.05, 0) is 36.4 Å². The minimum absolute atomic E-state index is 0.104. The van der Waals surface area contributed by atoms with Gasteiger partial charge in [-0.1, -0.05) is 34.1 Å². The van der Waals surface area contributed by atoms with Gasteiger partial charge in [-0.15, -0.1) is 0 Å². The fourth-order valence-corrected chi connectivity index (χ4v) is 1.90. The summed E-state index contributed by atoms with van der Waals surface area (Å²) in [5.74, 6) is -0.0397. The van der Waals surface area contributed by atoms with E-state index in [1.807, 2.05) is 30.3 Å². The van der Waals surface area contributed by atoms with E-state index in [2.05, 4.69) is 26.6 Å². The molecule has 0 unspecified atom stereocenters. The second-order valence-corrected chi connectivity index (χ2v) is 5.35. The van der Waals surface area contributed by atoms with Crippen LogP contribution in [0.1, 0.15) is 0 Å². The highest BCUT2D eigenvalue weighted by Crippen LogP contribution is 2.13. The number of anilines is 1. The number of halogens is 1. The lowest BCUT2D eigenvalue weighted by Crippen LogP contribution is -2.35. The molecule has 2 aromatic carbocycles. The molecule has 0 aliphatic rings. The highest BCUT2D eigenvalue weighted by molar-refractivity contribution is 9.10. The van der Waals surface area contributed by atoms with Crippen LogP contribution in [0.2, 0.25) is 0 Å². The maximum atomic E-state index is 11.7. The van der Waals surface area contributed by atoms with Gasteiger partial charge in [0.05, 0.1) is 6.54 Å². The van der Waals surface area contributed by atoms with E-state index < -0.39 is 0 Å². The van der Waals surface area contributed by atoms with Crippen molar-refractivity contribution in [2.75, 3.05) is 18.5 Å². The predicted molar refractivity (Wildman–Crippen MR) is 87.7 cm³/mol. The number of ether oxygens (including phenoxy) is 1. The molecule has 2 N–H and O–H groups in total. The maximum Gasteiger partial charge on any atom is 0.258 e. The Kier molecular flexibility index (Phi) is 5.97. The SMILES string of the molecule is O=C(COc1ccccc1)NCC(=O)Nc1ccc(Br)cc1. The Labute approximate surface area is 136 Å². The standard InChI is InChI=1S/C16H15BrN2O3/c17-12-6-8-13(9-7-12)19-15(20)10-18-16(21)11-22-14-4-2-1-3-5-14/h1-9H,10-11H2,(H,18,21)(H,19,20).